The van der Waals surface area contributed by atoms with E-state index in [0.29, 0.717) is 6.42 Å². The van der Waals surface area contributed by atoms with Crippen molar-refractivity contribution in [1.82, 2.24) is 10.6 Å². The minimum absolute atomic E-state index is 0.0303. The van der Waals surface area contributed by atoms with E-state index in [9.17, 15) is 18.4 Å². The molecular formula is C19H26F2N2O4. The first kappa shape index (κ1) is 20.9. The predicted octanol–water partition coefficient (Wildman–Crippen LogP) is 3.95. The molecule has 0 spiro atoms. The molecule has 2 amide bonds. The Morgan fingerprint density at radius 3 is 2.52 bits per heavy atom. The number of carboxylic acid groups (broad SMARTS) is 1. The van der Waals surface area contributed by atoms with E-state index in [1.807, 2.05) is 30.3 Å². The number of hydrogen-bond acceptors (Lipinski definition) is 3. The number of nitrogens with one attached hydrogen (secondary N) is 2. The van der Waals surface area contributed by atoms with E-state index < -0.39 is 48.6 Å². The number of hydrogen-bond donors (Lipinski definition) is 3. The number of alkyl carbamates (subject to hydrolysis) is 1. The van der Waals surface area contributed by atoms with Gasteiger partial charge in [-0.05, 0) is 38.7 Å². The molecular weight excluding hydrogens is 358 g/mol. The largest absolute Gasteiger partial charge is 0.465 e. The summed E-state index contributed by atoms with van der Waals surface area (Å²) in [6, 6.07) is 7.97. The number of halogens is 2. The highest BCUT2D eigenvalue weighted by molar-refractivity contribution is 5.69. The zero-order valence-corrected chi connectivity index (χ0v) is 15.5. The molecule has 1 aliphatic carbocycles. The molecule has 1 saturated carbocycles. The van der Waals surface area contributed by atoms with Gasteiger partial charge in [0, 0.05) is 12.8 Å². The number of alkyl halides is 2. The molecule has 1 aromatic rings. The fourth-order valence-corrected chi connectivity index (χ4v) is 3.19. The SMILES string of the molecule is CC(C)(CCc1ccccc1)OC(=O)N[C@@H]1CCC(F)(F)C[C@H]1NC(=O)O. The quantitative estimate of drug-likeness (QED) is 0.693. The molecule has 6 nitrogen and oxygen atoms in total. The van der Waals surface area contributed by atoms with Gasteiger partial charge in [-0.3, -0.25) is 0 Å². The van der Waals surface area contributed by atoms with E-state index >= 15 is 0 Å². The number of amides is 2. The summed E-state index contributed by atoms with van der Waals surface area (Å²) in [4.78, 5) is 23.1. The minimum atomic E-state index is -2.95. The third-order valence-electron chi connectivity index (χ3n) is 4.67. The summed E-state index contributed by atoms with van der Waals surface area (Å²) in [6.45, 7) is 3.55. The first-order valence-electron chi connectivity index (χ1n) is 8.97. The van der Waals surface area contributed by atoms with Gasteiger partial charge in [-0.15, -0.1) is 0 Å². The molecule has 8 heteroatoms. The predicted molar refractivity (Wildman–Crippen MR) is 96.0 cm³/mol. The molecule has 2 atom stereocenters. The zero-order chi connectivity index (χ0) is 20.1. The van der Waals surface area contributed by atoms with Crippen LogP contribution < -0.4 is 10.6 Å². The number of carbonyl (C=O) groups is 2. The summed E-state index contributed by atoms with van der Waals surface area (Å²) in [5.74, 6) is -2.95. The van der Waals surface area contributed by atoms with E-state index in [2.05, 4.69) is 10.6 Å². The molecule has 2 rings (SSSR count). The fourth-order valence-electron chi connectivity index (χ4n) is 3.19. The Morgan fingerprint density at radius 1 is 1.22 bits per heavy atom. The van der Waals surface area contributed by atoms with Crippen LogP contribution in [0.2, 0.25) is 0 Å². The van der Waals surface area contributed by atoms with E-state index in [0.717, 1.165) is 12.0 Å². The summed E-state index contributed by atoms with van der Waals surface area (Å²) >= 11 is 0. The minimum Gasteiger partial charge on any atom is -0.465 e. The van der Waals surface area contributed by atoms with Gasteiger partial charge < -0.3 is 20.5 Å². The van der Waals surface area contributed by atoms with Crippen LogP contribution in [0.1, 0.15) is 45.1 Å². The Morgan fingerprint density at radius 2 is 1.89 bits per heavy atom. The van der Waals surface area contributed by atoms with Crippen molar-refractivity contribution in [3.63, 3.8) is 0 Å². The second-order valence-corrected chi connectivity index (χ2v) is 7.54. The summed E-state index contributed by atoms with van der Waals surface area (Å²) in [5, 5.41) is 13.5. The second-order valence-electron chi connectivity index (χ2n) is 7.54. The van der Waals surface area contributed by atoms with Crippen molar-refractivity contribution in [2.24, 2.45) is 0 Å². The molecule has 1 fully saturated rings. The molecule has 0 aliphatic heterocycles. The molecule has 0 radical (unpaired) electrons. The second kappa shape index (κ2) is 8.54. The summed E-state index contributed by atoms with van der Waals surface area (Å²) in [7, 11) is 0. The van der Waals surface area contributed by atoms with Crippen LogP contribution in [0.3, 0.4) is 0 Å². The lowest BCUT2D eigenvalue weighted by molar-refractivity contribution is -0.0523. The Balaban J connectivity index is 1.89. The highest BCUT2D eigenvalue weighted by Crippen LogP contribution is 2.33. The molecule has 1 aliphatic rings. The van der Waals surface area contributed by atoms with Crippen LogP contribution in [0.5, 0.6) is 0 Å². The van der Waals surface area contributed by atoms with E-state index in [-0.39, 0.29) is 6.42 Å². The van der Waals surface area contributed by atoms with Gasteiger partial charge in [0.25, 0.3) is 0 Å². The molecule has 0 aromatic heterocycles. The number of carbonyl (C=O) groups excluding carboxylic acids is 1. The number of rotatable bonds is 6. The molecule has 1 aromatic carbocycles. The average molecular weight is 384 g/mol. The van der Waals surface area contributed by atoms with Gasteiger partial charge >= 0.3 is 12.2 Å². The number of benzene rings is 1. The standard InChI is InChI=1S/C19H26F2N2O4/c1-18(2,10-8-13-6-4-3-5-7-13)27-17(26)23-14-9-11-19(20,21)12-15(14)22-16(24)25/h3-7,14-15,22H,8-12H2,1-2H3,(H,23,26)(H,24,25)/t14-,15-/m1/s1. The van der Waals surface area contributed by atoms with Crippen molar-refractivity contribution in [1.29, 1.82) is 0 Å². The Hall–Kier alpha value is -2.38. The van der Waals surface area contributed by atoms with Crippen LogP contribution in [0.25, 0.3) is 0 Å². The smallest absolute Gasteiger partial charge is 0.407 e. The maximum Gasteiger partial charge on any atom is 0.407 e. The van der Waals surface area contributed by atoms with Crippen LogP contribution in [-0.4, -0.2) is 40.9 Å². The average Bonchev–Trinajstić information content (AvgIpc) is 2.55. The maximum absolute atomic E-state index is 13.6. The van der Waals surface area contributed by atoms with Gasteiger partial charge in [0.1, 0.15) is 5.60 Å². The van der Waals surface area contributed by atoms with Crippen molar-refractivity contribution < 1.29 is 28.2 Å². The summed E-state index contributed by atoms with van der Waals surface area (Å²) < 4.78 is 32.6. The zero-order valence-electron chi connectivity index (χ0n) is 15.5. The number of aryl methyl sites for hydroxylation is 1. The lowest BCUT2D eigenvalue weighted by Gasteiger charge is -2.36. The van der Waals surface area contributed by atoms with Crippen molar-refractivity contribution in [2.75, 3.05) is 0 Å². The molecule has 0 heterocycles. The van der Waals surface area contributed by atoms with Crippen molar-refractivity contribution >= 4 is 12.2 Å². The molecule has 0 saturated heterocycles. The van der Waals surface area contributed by atoms with Gasteiger partial charge in [-0.2, -0.15) is 0 Å². The van der Waals surface area contributed by atoms with Crippen molar-refractivity contribution in [3.8, 4) is 0 Å². The van der Waals surface area contributed by atoms with Gasteiger partial charge in [0.05, 0.1) is 12.1 Å². The van der Waals surface area contributed by atoms with E-state index in [1.54, 1.807) is 13.8 Å². The van der Waals surface area contributed by atoms with Crippen molar-refractivity contribution in [3.05, 3.63) is 35.9 Å². The third-order valence-corrected chi connectivity index (χ3v) is 4.67. The van der Waals surface area contributed by atoms with Gasteiger partial charge in [-0.25, -0.2) is 18.4 Å². The monoisotopic (exact) mass is 384 g/mol. The molecule has 0 bridgehead atoms. The van der Waals surface area contributed by atoms with Gasteiger partial charge in [0.2, 0.25) is 5.92 Å². The topological polar surface area (TPSA) is 87.7 Å². The first-order valence-corrected chi connectivity index (χ1v) is 8.97. The summed E-state index contributed by atoms with van der Waals surface area (Å²) in [6.07, 6.45) is -1.92. The molecule has 150 valence electrons. The van der Waals surface area contributed by atoms with Crippen LogP contribution in [-0.2, 0) is 11.2 Å². The Bertz CT molecular complexity index is 652. The molecule has 3 N–H and O–H groups in total. The first-order chi connectivity index (χ1) is 12.6. The number of ether oxygens (including phenoxy) is 1. The van der Waals surface area contributed by atoms with Gasteiger partial charge in [-0.1, -0.05) is 30.3 Å². The fraction of sp³-hybridized carbons (Fsp3) is 0.579. The van der Waals surface area contributed by atoms with E-state index in [4.69, 9.17) is 9.84 Å². The van der Waals surface area contributed by atoms with Crippen LogP contribution in [0, 0.1) is 0 Å². The third kappa shape index (κ3) is 7.03. The lowest BCUT2D eigenvalue weighted by atomic mass is 9.87. The Labute approximate surface area is 157 Å². The van der Waals surface area contributed by atoms with Crippen molar-refractivity contribution in [2.45, 2.75) is 69.6 Å². The summed E-state index contributed by atoms with van der Waals surface area (Å²) in [5.41, 5.74) is 0.364. The maximum atomic E-state index is 13.6. The molecule has 0 unspecified atom stereocenters. The van der Waals surface area contributed by atoms with Crippen LogP contribution in [0.4, 0.5) is 18.4 Å². The van der Waals surface area contributed by atoms with Crippen LogP contribution in [0.15, 0.2) is 30.3 Å². The highest BCUT2D eigenvalue weighted by atomic mass is 19.3. The molecule has 27 heavy (non-hydrogen) atoms. The highest BCUT2D eigenvalue weighted by Gasteiger charge is 2.43. The van der Waals surface area contributed by atoms with E-state index in [1.165, 1.54) is 0 Å². The van der Waals surface area contributed by atoms with Crippen LogP contribution >= 0.6 is 0 Å². The normalized spacial score (nSPS) is 21.9. The lowest BCUT2D eigenvalue weighted by Crippen LogP contribution is -2.57. The Kier molecular flexibility index (Phi) is 6.62. The van der Waals surface area contributed by atoms with Gasteiger partial charge in [0.15, 0.2) is 0 Å².